The lowest BCUT2D eigenvalue weighted by molar-refractivity contribution is 0.693. The zero-order chi connectivity index (χ0) is 16.7. The van der Waals surface area contributed by atoms with E-state index in [0.29, 0.717) is 12.1 Å². The van der Waals surface area contributed by atoms with Gasteiger partial charge in [-0.1, -0.05) is 12.1 Å². The van der Waals surface area contributed by atoms with Crippen LogP contribution in [-0.4, -0.2) is 9.55 Å². The van der Waals surface area contributed by atoms with Crippen molar-refractivity contribution in [1.82, 2.24) is 9.55 Å². The van der Waals surface area contributed by atoms with Gasteiger partial charge in [-0.2, -0.15) is 5.26 Å². The Morgan fingerprint density at radius 1 is 1.25 bits per heavy atom. The fourth-order valence-corrected chi connectivity index (χ4v) is 4.69. The molecule has 120 valence electrons. The Labute approximate surface area is 144 Å². The van der Waals surface area contributed by atoms with Crippen LogP contribution in [0.1, 0.15) is 40.2 Å². The lowest BCUT2D eigenvalue weighted by Crippen LogP contribution is -2.24. The van der Waals surface area contributed by atoms with Gasteiger partial charge in [0.1, 0.15) is 10.7 Å². The largest absolute Gasteiger partial charge is 0.292 e. The molecule has 0 bridgehead atoms. The first-order valence-corrected chi connectivity index (χ1v) is 9.00. The molecule has 0 fully saturated rings. The van der Waals surface area contributed by atoms with E-state index < -0.39 is 0 Å². The quantitative estimate of drug-likeness (QED) is 0.719. The number of nitriles is 1. The molecule has 0 spiro atoms. The first kappa shape index (κ1) is 15.1. The van der Waals surface area contributed by atoms with Crippen LogP contribution in [0.3, 0.4) is 0 Å². The average molecular weight is 335 g/mol. The Balaban J connectivity index is 1.83. The van der Waals surface area contributed by atoms with Gasteiger partial charge in [-0.25, -0.2) is 4.98 Å². The smallest absolute Gasteiger partial charge is 0.262 e. The monoisotopic (exact) mass is 335 g/mol. The highest BCUT2D eigenvalue weighted by Gasteiger charge is 2.21. The topological polar surface area (TPSA) is 58.7 Å². The van der Waals surface area contributed by atoms with Gasteiger partial charge in [0, 0.05) is 4.88 Å². The summed E-state index contributed by atoms with van der Waals surface area (Å²) in [5.41, 5.74) is 2.93. The molecule has 0 radical (unpaired) electrons. The highest BCUT2D eigenvalue weighted by molar-refractivity contribution is 7.18. The number of fused-ring (bicyclic) bond motifs is 3. The van der Waals surface area contributed by atoms with E-state index in [4.69, 9.17) is 10.2 Å². The van der Waals surface area contributed by atoms with E-state index in [1.54, 1.807) is 28.0 Å². The van der Waals surface area contributed by atoms with Gasteiger partial charge in [-0.3, -0.25) is 9.36 Å². The molecule has 2 heterocycles. The summed E-state index contributed by atoms with van der Waals surface area (Å²) in [6.45, 7) is 2.38. The summed E-state index contributed by atoms with van der Waals surface area (Å²) in [5.74, 6) is 0.746. The number of aryl methyl sites for hydroxylation is 3. The van der Waals surface area contributed by atoms with Crippen LogP contribution in [0.2, 0.25) is 0 Å². The molecule has 4 rings (SSSR count). The summed E-state index contributed by atoms with van der Waals surface area (Å²) >= 11 is 1.69. The lowest BCUT2D eigenvalue weighted by atomic mass is 9.97. The first-order valence-electron chi connectivity index (χ1n) is 8.18. The molecule has 3 aromatic rings. The van der Waals surface area contributed by atoms with E-state index >= 15 is 0 Å². The van der Waals surface area contributed by atoms with Crippen LogP contribution in [-0.2, 0) is 19.4 Å². The van der Waals surface area contributed by atoms with E-state index in [1.807, 2.05) is 19.1 Å². The molecule has 0 N–H and O–H groups in total. The summed E-state index contributed by atoms with van der Waals surface area (Å²) in [6.07, 6.45) is 4.43. The molecule has 0 amide bonds. The molecule has 0 saturated carbocycles. The second-order valence-corrected chi connectivity index (χ2v) is 7.33. The molecule has 0 unspecified atom stereocenters. The fourth-order valence-electron chi connectivity index (χ4n) is 3.39. The number of hydrogen-bond acceptors (Lipinski definition) is 4. The molecule has 2 aromatic heterocycles. The van der Waals surface area contributed by atoms with Crippen molar-refractivity contribution in [3.8, 4) is 6.07 Å². The zero-order valence-electron chi connectivity index (χ0n) is 13.5. The third kappa shape index (κ3) is 2.44. The predicted molar refractivity (Wildman–Crippen MR) is 95.5 cm³/mol. The predicted octanol–water partition coefficient (Wildman–Crippen LogP) is 3.57. The lowest BCUT2D eigenvalue weighted by Gasteiger charge is -2.12. The summed E-state index contributed by atoms with van der Waals surface area (Å²) in [6, 6.07) is 9.49. The summed E-state index contributed by atoms with van der Waals surface area (Å²) in [4.78, 5) is 20.0. The van der Waals surface area contributed by atoms with Crippen molar-refractivity contribution >= 4 is 21.6 Å². The van der Waals surface area contributed by atoms with Crippen molar-refractivity contribution in [3.05, 3.63) is 62.0 Å². The number of nitrogens with zero attached hydrogens (tertiary/aromatic N) is 3. The molecule has 1 aliphatic rings. The van der Waals surface area contributed by atoms with Crippen molar-refractivity contribution < 1.29 is 0 Å². The second-order valence-electron chi connectivity index (χ2n) is 6.25. The van der Waals surface area contributed by atoms with Crippen LogP contribution in [0.25, 0.3) is 10.2 Å². The summed E-state index contributed by atoms with van der Waals surface area (Å²) in [5, 5.41) is 9.73. The van der Waals surface area contributed by atoms with Gasteiger partial charge in [-0.15, -0.1) is 11.3 Å². The van der Waals surface area contributed by atoms with E-state index in [0.717, 1.165) is 40.9 Å². The number of aromatic nitrogens is 2. The zero-order valence-corrected chi connectivity index (χ0v) is 14.3. The molecule has 1 aliphatic carbocycles. The minimum absolute atomic E-state index is 0.0706. The van der Waals surface area contributed by atoms with Gasteiger partial charge < -0.3 is 0 Å². The minimum Gasteiger partial charge on any atom is -0.292 e. The number of rotatable bonds is 2. The van der Waals surface area contributed by atoms with Crippen molar-refractivity contribution in [1.29, 1.82) is 5.26 Å². The van der Waals surface area contributed by atoms with Crippen molar-refractivity contribution in [2.24, 2.45) is 0 Å². The van der Waals surface area contributed by atoms with E-state index in [9.17, 15) is 4.79 Å². The highest BCUT2D eigenvalue weighted by Crippen LogP contribution is 2.33. The maximum atomic E-state index is 13.1. The van der Waals surface area contributed by atoms with Gasteiger partial charge >= 0.3 is 0 Å². The summed E-state index contributed by atoms with van der Waals surface area (Å²) in [7, 11) is 0. The normalized spacial score (nSPS) is 13.7. The van der Waals surface area contributed by atoms with Gasteiger partial charge in [0.2, 0.25) is 0 Å². The van der Waals surface area contributed by atoms with Gasteiger partial charge in [0.25, 0.3) is 5.56 Å². The molecule has 4 nitrogen and oxygen atoms in total. The molecular formula is C19H17N3OS. The van der Waals surface area contributed by atoms with Crippen molar-refractivity contribution in [3.63, 3.8) is 0 Å². The molecule has 5 heteroatoms. The average Bonchev–Trinajstić information content (AvgIpc) is 2.97. The van der Waals surface area contributed by atoms with Gasteiger partial charge in [0.15, 0.2) is 0 Å². The fraction of sp³-hybridized carbons (Fsp3) is 0.316. The van der Waals surface area contributed by atoms with Crippen LogP contribution in [0.15, 0.2) is 29.1 Å². The SMILES string of the molecule is Cc1nc2sc3c(c2c(=O)n1Cc1ccc(C#N)cc1)CCCC3. The molecule has 0 saturated heterocycles. The maximum Gasteiger partial charge on any atom is 0.262 e. The van der Waals surface area contributed by atoms with Crippen LogP contribution in [0, 0.1) is 18.3 Å². The number of hydrogen-bond donors (Lipinski definition) is 0. The molecule has 0 aliphatic heterocycles. The van der Waals surface area contributed by atoms with Crippen LogP contribution in [0.4, 0.5) is 0 Å². The summed E-state index contributed by atoms with van der Waals surface area (Å²) < 4.78 is 1.76. The van der Waals surface area contributed by atoms with Crippen LogP contribution < -0.4 is 5.56 Å². The Kier molecular flexibility index (Phi) is 3.70. The standard InChI is InChI=1S/C19H17N3OS/c1-12-21-18-17(15-4-2-3-5-16(15)24-18)19(23)22(12)11-14-8-6-13(10-20)7-9-14/h6-9H,2-5,11H2,1H3. The minimum atomic E-state index is 0.0706. The van der Waals surface area contributed by atoms with E-state index in [1.165, 1.54) is 16.9 Å². The Morgan fingerprint density at radius 2 is 2.00 bits per heavy atom. The van der Waals surface area contributed by atoms with Crippen LogP contribution >= 0.6 is 11.3 Å². The van der Waals surface area contributed by atoms with Crippen LogP contribution in [0.5, 0.6) is 0 Å². The highest BCUT2D eigenvalue weighted by atomic mass is 32.1. The van der Waals surface area contributed by atoms with E-state index in [-0.39, 0.29) is 5.56 Å². The number of benzene rings is 1. The Hall–Kier alpha value is -2.45. The maximum absolute atomic E-state index is 13.1. The molecule has 24 heavy (non-hydrogen) atoms. The molecular weight excluding hydrogens is 318 g/mol. The van der Waals surface area contributed by atoms with Crippen molar-refractivity contribution in [2.75, 3.05) is 0 Å². The first-order chi connectivity index (χ1) is 11.7. The van der Waals surface area contributed by atoms with Gasteiger partial charge in [0.05, 0.1) is 23.6 Å². The third-order valence-electron chi connectivity index (χ3n) is 4.69. The van der Waals surface area contributed by atoms with Gasteiger partial charge in [-0.05, 0) is 55.9 Å². The number of thiophene rings is 1. The Bertz CT molecular complexity index is 1020. The third-order valence-corrected chi connectivity index (χ3v) is 5.88. The Morgan fingerprint density at radius 3 is 2.75 bits per heavy atom. The second kappa shape index (κ2) is 5.88. The van der Waals surface area contributed by atoms with Crippen molar-refractivity contribution in [2.45, 2.75) is 39.2 Å². The molecule has 1 aromatic carbocycles. The molecule has 0 atom stereocenters. The van der Waals surface area contributed by atoms with E-state index in [2.05, 4.69) is 6.07 Å².